The van der Waals surface area contributed by atoms with Gasteiger partial charge >= 0.3 is 5.69 Å². The molecule has 2 aromatic heterocycles. The molecule has 0 aliphatic rings. The fourth-order valence-electron chi connectivity index (χ4n) is 4.36. The second-order valence-corrected chi connectivity index (χ2v) is 9.28. The van der Waals surface area contributed by atoms with E-state index in [1.807, 2.05) is 29.8 Å². The van der Waals surface area contributed by atoms with Crippen LogP contribution in [0.1, 0.15) is 64.6 Å². The Kier molecular flexibility index (Phi) is 10.3. The number of rotatable bonds is 15. The summed E-state index contributed by atoms with van der Waals surface area (Å²) in [5.74, 6) is 0.642. The summed E-state index contributed by atoms with van der Waals surface area (Å²) >= 11 is 0. The fraction of sp³-hybridized carbons (Fsp3) is 0.556. The van der Waals surface area contributed by atoms with Crippen molar-refractivity contribution in [3.8, 4) is 0 Å². The van der Waals surface area contributed by atoms with E-state index >= 15 is 0 Å². The first-order valence-corrected chi connectivity index (χ1v) is 13.2. The van der Waals surface area contributed by atoms with E-state index in [1.165, 1.54) is 0 Å². The van der Waals surface area contributed by atoms with Crippen LogP contribution in [0.2, 0.25) is 0 Å². The molecule has 1 amide bonds. The van der Waals surface area contributed by atoms with Gasteiger partial charge < -0.3 is 14.8 Å². The average Bonchev–Trinajstić information content (AvgIpc) is 3.24. The summed E-state index contributed by atoms with van der Waals surface area (Å²) in [5.41, 5.74) is 1.17. The highest BCUT2D eigenvalue weighted by molar-refractivity contribution is 5.76. The molecule has 2 N–H and O–H groups in total. The third-order valence-corrected chi connectivity index (χ3v) is 6.45. The molecule has 1 aromatic carbocycles. The van der Waals surface area contributed by atoms with Crippen molar-refractivity contribution in [2.24, 2.45) is 0 Å². The van der Waals surface area contributed by atoms with Crippen molar-refractivity contribution in [1.82, 2.24) is 24.4 Å². The SMILES string of the molecule is CCCCCn1c(CCC(=O)NCCCN(C)c2ccccc2)nc2c1c(=O)[nH]c(=O)n2CCCC. The Morgan fingerprint density at radius 1 is 1.00 bits per heavy atom. The van der Waals surface area contributed by atoms with Crippen LogP contribution in [-0.4, -0.2) is 45.1 Å². The summed E-state index contributed by atoms with van der Waals surface area (Å²) in [7, 11) is 2.04. The van der Waals surface area contributed by atoms with E-state index < -0.39 is 11.2 Å². The van der Waals surface area contributed by atoms with Crippen molar-refractivity contribution in [3.05, 3.63) is 57.0 Å². The van der Waals surface area contributed by atoms with Crippen LogP contribution in [0.5, 0.6) is 0 Å². The number of carbonyl (C=O) groups excluding carboxylic acids is 1. The van der Waals surface area contributed by atoms with Gasteiger partial charge in [-0.2, -0.15) is 0 Å². The number of aromatic amines is 1. The van der Waals surface area contributed by atoms with E-state index in [1.54, 1.807) is 4.57 Å². The highest BCUT2D eigenvalue weighted by atomic mass is 16.2. The molecule has 3 rings (SSSR count). The van der Waals surface area contributed by atoms with Crippen LogP contribution in [0.15, 0.2) is 39.9 Å². The van der Waals surface area contributed by atoms with Crippen LogP contribution in [0.25, 0.3) is 11.2 Å². The molecule has 0 bridgehead atoms. The van der Waals surface area contributed by atoms with Gasteiger partial charge in [-0.3, -0.25) is 19.1 Å². The number of fused-ring (bicyclic) bond motifs is 1. The van der Waals surface area contributed by atoms with Gasteiger partial charge in [0.1, 0.15) is 5.82 Å². The second kappa shape index (κ2) is 13.7. The van der Waals surface area contributed by atoms with Gasteiger partial charge in [0, 0.05) is 51.8 Å². The van der Waals surface area contributed by atoms with Crippen LogP contribution in [-0.2, 0) is 24.3 Å². The molecule has 0 aliphatic heterocycles. The highest BCUT2D eigenvalue weighted by Crippen LogP contribution is 2.16. The first-order chi connectivity index (χ1) is 17.5. The lowest BCUT2D eigenvalue weighted by atomic mass is 10.2. The molecule has 196 valence electrons. The number of H-pyrrole nitrogens is 1. The van der Waals surface area contributed by atoms with Crippen LogP contribution in [0.4, 0.5) is 5.69 Å². The minimum Gasteiger partial charge on any atom is -0.375 e. The van der Waals surface area contributed by atoms with E-state index in [9.17, 15) is 14.4 Å². The molecule has 3 aromatic rings. The molecule has 9 nitrogen and oxygen atoms in total. The summed E-state index contributed by atoms with van der Waals surface area (Å²) in [5, 5.41) is 3.00. The van der Waals surface area contributed by atoms with E-state index in [4.69, 9.17) is 4.98 Å². The minimum atomic E-state index is -0.427. The molecule has 0 aliphatic carbocycles. The van der Waals surface area contributed by atoms with Crippen molar-refractivity contribution >= 4 is 22.8 Å². The van der Waals surface area contributed by atoms with E-state index in [2.05, 4.69) is 41.2 Å². The molecule has 9 heteroatoms. The third-order valence-electron chi connectivity index (χ3n) is 6.45. The van der Waals surface area contributed by atoms with Gasteiger partial charge in [0.15, 0.2) is 11.2 Å². The predicted molar refractivity (Wildman–Crippen MR) is 145 cm³/mol. The molecule has 0 atom stereocenters. The molecular weight excluding hydrogens is 456 g/mol. The Hall–Kier alpha value is -3.36. The maximum Gasteiger partial charge on any atom is 0.330 e. The van der Waals surface area contributed by atoms with Crippen molar-refractivity contribution in [2.75, 3.05) is 25.0 Å². The van der Waals surface area contributed by atoms with Crippen molar-refractivity contribution in [3.63, 3.8) is 0 Å². The number of imidazole rings is 1. The molecule has 0 spiro atoms. The van der Waals surface area contributed by atoms with E-state index in [-0.39, 0.29) is 12.3 Å². The van der Waals surface area contributed by atoms with Crippen molar-refractivity contribution in [2.45, 2.75) is 78.3 Å². The Balaban J connectivity index is 1.66. The fourth-order valence-corrected chi connectivity index (χ4v) is 4.36. The molecule has 0 fully saturated rings. The van der Waals surface area contributed by atoms with Crippen LogP contribution in [0, 0.1) is 0 Å². The van der Waals surface area contributed by atoms with Gasteiger partial charge in [0.25, 0.3) is 5.56 Å². The largest absolute Gasteiger partial charge is 0.375 e. The maximum atomic E-state index is 12.7. The third kappa shape index (κ3) is 7.08. The molecule has 2 heterocycles. The summed E-state index contributed by atoms with van der Waals surface area (Å²) in [6.45, 7) is 6.77. The van der Waals surface area contributed by atoms with Crippen LogP contribution < -0.4 is 21.5 Å². The number of anilines is 1. The van der Waals surface area contributed by atoms with Gasteiger partial charge in [-0.05, 0) is 31.4 Å². The number of nitrogens with one attached hydrogen (secondary N) is 2. The number of carbonyl (C=O) groups is 1. The van der Waals surface area contributed by atoms with Gasteiger partial charge in [-0.25, -0.2) is 9.78 Å². The number of benzene rings is 1. The van der Waals surface area contributed by atoms with Gasteiger partial charge in [-0.15, -0.1) is 0 Å². The van der Waals surface area contributed by atoms with E-state index in [0.717, 1.165) is 50.8 Å². The van der Waals surface area contributed by atoms with Crippen molar-refractivity contribution in [1.29, 1.82) is 0 Å². The monoisotopic (exact) mass is 496 g/mol. The lowest BCUT2D eigenvalue weighted by molar-refractivity contribution is -0.121. The summed E-state index contributed by atoms with van der Waals surface area (Å²) in [4.78, 5) is 47.1. The van der Waals surface area contributed by atoms with Crippen LogP contribution >= 0.6 is 0 Å². The standard InChI is InChI=1S/C27H40N6O3/c1-4-6-11-20-32-22(29-25-24(32)26(35)30-27(36)33(25)19-7-5-2)15-16-23(34)28-17-12-18-31(3)21-13-9-8-10-14-21/h8-10,13-14H,4-7,11-12,15-20H2,1-3H3,(H,28,34)(H,30,35,36). The number of nitrogens with zero attached hydrogens (tertiary/aromatic N) is 4. The quantitative estimate of drug-likeness (QED) is 0.314. The molecular formula is C27H40N6O3. The van der Waals surface area contributed by atoms with E-state index in [0.29, 0.717) is 43.0 Å². The molecule has 0 saturated heterocycles. The minimum absolute atomic E-state index is 0.0400. The van der Waals surface area contributed by atoms with Crippen molar-refractivity contribution < 1.29 is 4.79 Å². The first-order valence-electron chi connectivity index (χ1n) is 13.2. The maximum absolute atomic E-state index is 12.7. The summed E-state index contributed by atoms with van der Waals surface area (Å²) in [6.07, 6.45) is 6.28. The summed E-state index contributed by atoms with van der Waals surface area (Å²) in [6, 6.07) is 10.2. The van der Waals surface area contributed by atoms with Gasteiger partial charge in [0.2, 0.25) is 5.91 Å². The molecule has 0 radical (unpaired) electrons. The van der Waals surface area contributed by atoms with Gasteiger partial charge in [-0.1, -0.05) is 51.3 Å². The lowest BCUT2D eigenvalue weighted by Gasteiger charge is -2.19. The molecule has 0 saturated carbocycles. The van der Waals surface area contributed by atoms with Crippen LogP contribution in [0.3, 0.4) is 0 Å². The normalized spacial score (nSPS) is 11.2. The Bertz CT molecular complexity index is 1230. The number of para-hydroxylation sites is 1. The highest BCUT2D eigenvalue weighted by Gasteiger charge is 2.19. The average molecular weight is 497 g/mol. The number of hydrogen-bond donors (Lipinski definition) is 2. The van der Waals surface area contributed by atoms with Gasteiger partial charge in [0.05, 0.1) is 0 Å². The Labute approximate surface area is 212 Å². The molecule has 0 unspecified atom stereocenters. The topological polar surface area (TPSA) is 105 Å². The number of aryl methyl sites for hydroxylation is 3. The Morgan fingerprint density at radius 2 is 1.72 bits per heavy atom. The zero-order valence-electron chi connectivity index (χ0n) is 21.9. The number of aromatic nitrogens is 4. The first kappa shape index (κ1) is 27.2. The predicted octanol–water partition coefficient (Wildman–Crippen LogP) is 3.45. The molecule has 36 heavy (non-hydrogen) atoms. The number of hydrogen-bond acceptors (Lipinski definition) is 5. The lowest BCUT2D eigenvalue weighted by Crippen LogP contribution is -2.31. The zero-order valence-corrected chi connectivity index (χ0v) is 21.9. The Morgan fingerprint density at radius 3 is 2.44 bits per heavy atom. The number of unbranched alkanes of at least 4 members (excludes halogenated alkanes) is 3. The summed E-state index contributed by atoms with van der Waals surface area (Å²) < 4.78 is 3.47. The number of amides is 1. The smallest absolute Gasteiger partial charge is 0.330 e. The zero-order chi connectivity index (χ0) is 25.9. The second-order valence-electron chi connectivity index (χ2n) is 9.28.